The summed E-state index contributed by atoms with van der Waals surface area (Å²) in [5, 5.41) is 9.48. The van der Waals surface area contributed by atoms with Crippen LogP contribution in [0.2, 0.25) is 5.02 Å². The molecule has 1 aliphatic rings. The first kappa shape index (κ1) is 18.7. The van der Waals surface area contributed by atoms with Crippen molar-refractivity contribution in [3.8, 4) is 5.75 Å². The first-order valence-electron chi connectivity index (χ1n) is 8.18. The van der Waals surface area contributed by atoms with Gasteiger partial charge in [-0.05, 0) is 29.8 Å². The van der Waals surface area contributed by atoms with Gasteiger partial charge in [0.05, 0.1) is 11.4 Å². The van der Waals surface area contributed by atoms with Crippen molar-refractivity contribution < 1.29 is 18.3 Å². The molecule has 1 fully saturated rings. The van der Waals surface area contributed by atoms with Gasteiger partial charge in [0, 0.05) is 26.2 Å². The summed E-state index contributed by atoms with van der Waals surface area (Å²) < 4.78 is 26.8. The number of halogens is 1. The lowest BCUT2D eigenvalue weighted by Gasteiger charge is -2.34. The Morgan fingerprint density at radius 1 is 1.00 bits per heavy atom. The standard InChI is InChI=1S/C18H19ClN2O4S/c19-16-3-1-2-4-17(16)26(24,25)21-11-9-20(10-12-21)18(23)13-14-5-7-15(22)8-6-14/h1-8,22H,9-13H2. The number of carbonyl (C=O) groups excluding carboxylic acids is 1. The van der Waals surface area contributed by atoms with Gasteiger partial charge < -0.3 is 10.0 Å². The Balaban J connectivity index is 1.62. The van der Waals surface area contributed by atoms with Gasteiger partial charge in [-0.25, -0.2) is 8.42 Å². The molecule has 1 N–H and O–H groups in total. The quantitative estimate of drug-likeness (QED) is 0.861. The van der Waals surface area contributed by atoms with E-state index < -0.39 is 10.0 Å². The fraction of sp³-hybridized carbons (Fsp3) is 0.278. The van der Waals surface area contributed by atoms with Crippen molar-refractivity contribution in [1.82, 2.24) is 9.21 Å². The fourth-order valence-corrected chi connectivity index (χ4v) is 4.79. The molecule has 1 aliphatic heterocycles. The molecule has 6 nitrogen and oxygen atoms in total. The summed E-state index contributed by atoms with van der Waals surface area (Å²) in [6, 6.07) is 12.8. The third-order valence-corrected chi connectivity index (χ3v) is 6.74. The van der Waals surface area contributed by atoms with E-state index in [1.807, 2.05) is 0 Å². The zero-order valence-electron chi connectivity index (χ0n) is 14.0. The highest BCUT2D eigenvalue weighted by Gasteiger charge is 2.31. The maximum atomic E-state index is 12.7. The van der Waals surface area contributed by atoms with Crippen LogP contribution in [0.1, 0.15) is 5.56 Å². The molecule has 0 unspecified atom stereocenters. The summed E-state index contributed by atoms with van der Waals surface area (Å²) in [5.41, 5.74) is 0.805. The first-order valence-corrected chi connectivity index (χ1v) is 10.00. The Bertz CT molecular complexity index is 892. The van der Waals surface area contributed by atoms with E-state index in [0.29, 0.717) is 13.1 Å². The summed E-state index contributed by atoms with van der Waals surface area (Å²) in [4.78, 5) is 14.2. The van der Waals surface area contributed by atoms with Crippen LogP contribution in [0.25, 0.3) is 0 Å². The molecule has 26 heavy (non-hydrogen) atoms. The van der Waals surface area contributed by atoms with Crippen LogP contribution in [0.5, 0.6) is 5.75 Å². The third-order valence-electron chi connectivity index (χ3n) is 4.34. The van der Waals surface area contributed by atoms with Crippen molar-refractivity contribution >= 4 is 27.5 Å². The number of aromatic hydroxyl groups is 1. The molecule has 1 amide bonds. The van der Waals surface area contributed by atoms with Crippen molar-refractivity contribution in [2.75, 3.05) is 26.2 Å². The average molecular weight is 395 g/mol. The van der Waals surface area contributed by atoms with Crippen LogP contribution in [-0.4, -0.2) is 54.8 Å². The van der Waals surface area contributed by atoms with Gasteiger partial charge in [0.25, 0.3) is 0 Å². The smallest absolute Gasteiger partial charge is 0.244 e. The molecule has 0 bridgehead atoms. The molecule has 138 valence electrons. The largest absolute Gasteiger partial charge is 0.508 e. The molecule has 0 aliphatic carbocycles. The topological polar surface area (TPSA) is 77.9 Å². The number of phenols is 1. The first-order chi connectivity index (χ1) is 12.4. The predicted octanol–water partition coefficient (Wildman–Crippen LogP) is 2.12. The Kier molecular flexibility index (Phi) is 5.50. The number of hydrogen-bond acceptors (Lipinski definition) is 4. The molecule has 2 aromatic carbocycles. The van der Waals surface area contributed by atoms with E-state index >= 15 is 0 Å². The molecule has 8 heteroatoms. The zero-order chi connectivity index (χ0) is 18.7. The number of nitrogens with zero attached hydrogens (tertiary/aromatic N) is 2. The minimum Gasteiger partial charge on any atom is -0.508 e. The number of rotatable bonds is 4. The van der Waals surface area contributed by atoms with Crippen LogP contribution < -0.4 is 0 Å². The summed E-state index contributed by atoms with van der Waals surface area (Å²) in [5.74, 6) is 0.0880. The second-order valence-electron chi connectivity index (χ2n) is 6.06. The zero-order valence-corrected chi connectivity index (χ0v) is 15.6. The molecule has 0 aromatic heterocycles. The van der Waals surface area contributed by atoms with Crippen LogP contribution in [0.3, 0.4) is 0 Å². The van der Waals surface area contributed by atoms with Gasteiger partial charge in [-0.3, -0.25) is 4.79 Å². The van der Waals surface area contributed by atoms with E-state index in [0.717, 1.165) is 5.56 Å². The van der Waals surface area contributed by atoms with Gasteiger partial charge in [0.1, 0.15) is 10.6 Å². The van der Waals surface area contributed by atoms with E-state index in [9.17, 15) is 18.3 Å². The van der Waals surface area contributed by atoms with E-state index in [1.165, 1.54) is 22.5 Å². The summed E-state index contributed by atoms with van der Waals surface area (Å²) in [6.45, 7) is 1.13. The number of hydrogen-bond donors (Lipinski definition) is 1. The van der Waals surface area contributed by atoms with E-state index in [-0.39, 0.29) is 41.1 Å². The Hall–Kier alpha value is -2.09. The Morgan fingerprint density at radius 2 is 1.62 bits per heavy atom. The number of benzene rings is 2. The number of phenolic OH excluding ortho intramolecular Hbond substituents is 1. The lowest BCUT2D eigenvalue weighted by Crippen LogP contribution is -2.50. The molecule has 1 saturated heterocycles. The van der Waals surface area contributed by atoms with Crippen molar-refractivity contribution in [2.45, 2.75) is 11.3 Å². The highest BCUT2D eigenvalue weighted by atomic mass is 35.5. The van der Waals surface area contributed by atoms with Gasteiger partial charge in [0.2, 0.25) is 15.9 Å². The fourth-order valence-electron chi connectivity index (χ4n) is 2.87. The molecule has 2 aromatic rings. The molecule has 0 saturated carbocycles. The maximum absolute atomic E-state index is 12.7. The summed E-state index contributed by atoms with van der Waals surface area (Å²) in [7, 11) is -3.67. The average Bonchev–Trinajstić information content (AvgIpc) is 2.64. The molecule has 0 spiro atoms. The minimum absolute atomic E-state index is 0.0644. The SMILES string of the molecule is O=C(Cc1ccc(O)cc1)N1CCN(S(=O)(=O)c2ccccc2Cl)CC1. The lowest BCUT2D eigenvalue weighted by atomic mass is 10.1. The van der Waals surface area contributed by atoms with Gasteiger partial charge in [-0.2, -0.15) is 4.31 Å². The second kappa shape index (κ2) is 7.65. The molecule has 0 atom stereocenters. The maximum Gasteiger partial charge on any atom is 0.244 e. The van der Waals surface area contributed by atoms with E-state index in [1.54, 1.807) is 35.2 Å². The Labute approximate surface area is 157 Å². The van der Waals surface area contributed by atoms with E-state index in [4.69, 9.17) is 11.6 Å². The highest BCUT2D eigenvalue weighted by molar-refractivity contribution is 7.89. The lowest BCUT2D eigenvalue weighted by molar-refractivity contribution is -0.131. The van der Waals surface area contributed by atoms with Crippen molar-refractivity contribution in [3.05, 3.63) is 59.1 Å². The molecular weight excluding hydrogens is 376 g/mol. The van der Waals surface area contributed by atoms with Crippen LogP contribution in [0.4, 0.5) is 0 Å². The number of sulfonamides is 1. The molecule has 0 radical (unpaired) electrons. The van der Waals surface area contributed by atoms with Gasteiger partial charge in [0.15, 0.2) is 0 Å². The van der Waals surface area contributed by atoms with Gasteiger partial charge >= 0.3 is 0 Å². The van der Waals surface area contributed by atoms with E-state index in [2.05, 4.69) is 0 Å². The summed E-state index contributed by atoms with van der Waals surface area (Å²) in [6.07, 6.45) is 0.220. The monoisotopic (exact) mass is 394 g/mol. The van der Waals surface area contributed by atoms with Crippen LogP contribution in [-0.2, 0) is 21.2 Å². The normalized spacial score (nSPS) is 15.8. The van der Waals surface area contributed by atoms with Crippen molar-refractivity contribution in [3.63, 3.8) is 0 Å². The van der Waals surface area contributed by atoms with Gasteiger partial charge in [-0.1, -0.05) is 35.9 Å². The highest BCUT2D eigenvalue weighted by Crippen LogP contribution is 2.25. The van der Waals surface area contributed by atoms with Crippen LogP contribution in [0, 0.1) is 0 Å². The Morgan fingerprint density at radius 3 is 2.23 bits per heavy atom. The number of piperazine rings is 1. The number of carbonyl (C=O) groups is 1. The summed E-state index contributed by atoms with van der Waals surface area (Å²) >= 11 is 6.02. The molecule has 3 rings (SSSR count). The van der Waals surface area contributed by atoms with Crippen LogP contribution in [0.15, 0.2) is 53.4 Å². The third kappa shape index (κ3) is 4.00. The minimum atomic E-state index is -3.67. The predicted molar refractivity (Wildman–Crippen MR) is 98.6 cm³/mol. The molecule has 1 heterocycles. The molecular formula is C18H19ClN2O4S. The van der Waals surface area contributed by atoms with Crippen molar-refractivity contribution in [1.29, 1.82) is 0 Å². The van der Waals surface area contributed by atoms with Gasteiger partial charge in [-0.15, -0.1) is 0 Å². The number of amides is 1. The van der Waals surface area contributed by atoms with Crippen molar-refractivity contribution in [2.24, 2.45) is 0 Å². The van der Waals surface area contributed by atoms with Crippen LogP contribution >= 0.6 is 11.6 Å². The second-order valence-corrected chi connectivity index (χ2v) is 8.37.